The Labute approximate surface area is 93.9 Å². The Hall–Kier alpha value is -1.88. The van der Waals surface area contributed by atoms with E-state index in [0.717, 1.165) is 16.9 Å². The number of methoxy groups -OCH3 is 1. The highest BCUT2D eigenvalue weighted by Gasteiger charge is 2.05. The fourth-order valence-corrected chi connectivity index (χ4v) is 1.57. The number of ether oxygens (including phenoxy) is 1. The lowest BCUT2D eigenvalue weighted by atomic mass is 10.1. The Morgan fingerprint density at radius 2 is 2.31 bits per heavy atom. The van der Waals surface area contributed by atoms with Crippen molar-refractivity contribution in [1.29, 1.82) is 0 Å². The van der Waals surface area contributed by atoms with Crippen molar-refractivity contribution in [3.63, 3.8) is 0 Å². The summed E-state index contributed by atoms with van der Waals surface area (Å²) in [5.74, 6) is 0.840. The molecule has 0 saturated carbocycles. The average molecular weight is 218 g/mol. The highest BCUT2D eigenvalue weighted by molar-refractivity contribution is 5.37. The maximum atomic E-state index is 5.61. The molecular formula is C11H14N4O. The van der Waals surface area contributed by atoms with Crippen molar-refractivity contribution in [2.45, 2.75) is 13.1 Å². The molecule has 2 aromatic rings. The van der Waals surface area contributed by atoms with Crippen molar-refractivity contribution in [3.05, 3.63) is 42.0 Å². The highest BCUT2D eigenvalue weighted by Crippen LogP contribution is 2.20. The number of nitrogens with zero attached hydrogens (tertiary/aromatic N) is 3. The molecule has 1 heterocycles. The zero-order valence-electron chi connectivity index (χ0n) is 9.13. The Morgan fingerprint density at radius 3 is 2.94 bits per heavy atom. The molecule has 2 rings (SSSR count). The molecular weight excluding hydrogens is 204 g/mol. The van der Waals surface area contributed by atoms with Crippen molar-refractivity contribution < 1.29 is 4.74 Å². The number of hydrogen-bond donors (Lipinski definition) is 1. The second kappa shape index (κ2) is 4.76. The molecule has 0 aliphatic rings. The van der Waals surface area contributed by atoms with Crippen LogP contribution < -0.4 is 10.5 Å². The van der Waals surface area contributed by atoms with Gasteiger partial charge >= 0.3 is 0 Å². The van der Waals surface area contributed by atoms with Crippen LogP contribution in [0.4, 0.5) is 0 Å². The van der Waals surface area contributed by atoms with Gasteiger partial charge in [-0.15, -0.1) is 0 Å². The minimum absolute atomic E-state index is 0.522. The molecule has 84 valence electrons. The van der Waals surface area contributed by atoms with Crippen LogP contribution in [-0.2, 0) is 13.1 Å². The zero-order chi connectivity index (χ0) is 11.4. The summed E-state index contributed by atoms with van der Waals surface area (Å²) in [5.41, 5.74) is 7.74. The van der Waals surface area contributed by atoms with E-state index in [1.807, 2.05) is 18.2 Å². The summed E-state index contributed by atoms with van der Waals surface area (Å²) in [6, 6.07) is 5.92. The first-order valence-electron chi connectivity index (χ1n) is 5.01. The zero-order valence-corrected chi connectivity index (χ0v) is 9.13. The van der Waals surface area contributed by atoms with Crippen LogP contribution in [-0.4, -0.2) is 21.9 Å². The Morgan fingerprint density at radius 1 is 1.44 bits per heavy atom. The van der Waals surface area contributed by atoms with Crippen LogP contribution in [0.5, 0.6) is 5.75 Å². The van der Waals surface area contributed by atoms with Crippen LogP contribution >= 0.6 is 0 Å². The molecule has 0 amide bonds. The monoisotopic (exact) mass is 218 g/mol. The van der Waals surface area contributed by atoms with Gasteiger partial charge in [0.05, 0.1) is 13.7 Å². The molecule has 0 spiro atoms. The van der Waals surface area contributed by atoms with Gasteiger partial charge in [0.15, 0.2) is 0 Å². The lowest BCUT2D eigenvalue weighted by Gasteiger charge is -2.09. The number of nitrogens with two attached hydrogens (primary N) is 1. The third kappa shape index (κ3) is 2.20. The second-order valence-electron chi connectivity index (χ2n) is 3.44. The quantitative estimate of drug-likeness (QED) is 0.824. The van der Waals surface area contributed by atoms with Crippen molar-refractivity contribution >= 4 is 0 Å². The first-order valence-corrected chi connectivity index (χ1v) is 5.01. The molecule has 0 aliphatic carbocycles. The van der Waals surface area contributed by atoms with Crippen LogP contribution in [0.1, 0.15) is 11.1 Å². The fraction of sp³-hybridized carbons (Fsp3) is 0.273. The molecule has 0 bridgehead atoms. The summed E-state index contributed by atoms with van der Waals surface area (Å²) in [5, 5.41) is 4.06. The van der Waals surface area contributed by atoms with E-state index in [0.29, 0.717) is 13.1 Å². The molecule has 0 atom stereocenters. The lowest BCUT2D eigenvalue weighted by molar-refractivity contribution is 0.407. The van der Waals surface area contributed by atoms with E-state index >= 15 is 0 Å². The van der Waals surface area contributed by atoms with E-state index in [4.69, 9.17) is 10.5 Å². The molecule has 0 saturated heterocycles. The summed E-state index contributed by atoms with van der Waals surface area (Å²) in [4.78, 5) is 3.90. The minimum Gasteiger partial charge on any atom is -0.496 e. The fourth-order valence-electron chi connectivity index (χ4n) is 1.57. The number of rotatable bonds is 4. The van der Waals surface area contributed by atoms with Crippen LogP contribution in [0.3, 0.4) is 0 Å². The normalized spacial score (nSPS) is 10.4. The molecule has 5 nitrogen and oxygen atoms in total. The molecule has 0 unspecified atom stereocenters. The predicted molar refractivity (Wildman–Crippen MR) is 60.0 cm³/mol. The Bertz CT molecular complexity index is 453. The average Bonchev–Trinajstić information content (AvgIpc) is 2.82. The summed E-state index contributed by atoms with van der Waals surface area (Å²) < 4.78 is 7.04. The van der Waals surface area contributed by atoms with Gasteiger partial charge < -0.3 is 10.5 Å². The van der Waals surface area contributed by atoms with Crippen molar-refractivity contribution in [1.82, 2.24) is 14.8 Å². The highest BCUT2D eigenvalue weighted by atomic mass is 16.5. The number of benzene rings is 1. The minimum atomic E-state index is 0.522. The summed E-state index contributed by atoms with van der Waals surface area (Å²) in [6.45, 7) is 1.16. The van der Waals surface area contributed by atoms with E-state index in [1.165, 1.54) is 6.33 Å². The van der Waals surface area contributed by atoms with Gasteiger partial charge in [-0.3, -0.25) is 0 Å². The number of aromatic nitrogens is 3. The molecule has 1 aromatic carbocycles. The van der Waals surface area contributed by atoms with Gasteiger partial charge in [0.25, 0.3) is 0 Å². The maximum absolute atomic E-state index is 5.61. The van der Waals surface area contributed by atoms with Gasteiger partial charge in [-0.1, -0.05) is 6.07 Å². The molecule has 2 N–H and O–H groups in total. The molecule has 5 heteroatoms. The van der Waals surface area contributed by atoms with Crippen molar-refractivity contribution in [2.75, 3.05) is 7.11 Å². The van der Waals surface area contributed by atoms with Crippen LogP contribution in [0.2, 0.25) is 0 Å². The first kappa shape index (κ1) is 10.6. The van der Waals surface area contributed by atoms with Gasteiger partial charge in [0.1, 0.15) is 18.4 Å². The summed E-state index contributed by atoms with van der Waals surface area (Å²) >= 11 is 0. The Balaban J connectivity index is 2.30. The Kier molecular flexibility index (Phi) is 3.16. The smallest absolute Gasteiger partial charge is 0.137 e. The molecule has 16 heavy (non-hydrogen) atoms. The summed E-state index contributed by atoms with van der Waals surface area (Å²) in [7, 11) is 1.66. The van der Waals surface area contributed by atoms with Gasteiger partial charge in [-0.05, 0) is 17.7 Å². The van der Waals surface area contributed by atoms with E-state index in [-0.39, 0.29) is 0 Å². The predicted octanol–water partition coefficient (Wildman–Crippen LogP) is 0.794. The lowest BCUT2D eigenvalue weighted by Crippen LogP contribution is -2.04. The van der Waals surface area contributed by atoms with E-state index < -0.39 is 0 Å². The third-order valence-electron chi connectivity index (χ3n) is 2.38. The van der Waals surface area contributed by atoms with Gasteiger partial charge in [0, 0.05) is 12.1 Å². The second-order valence-corrected chi connectivity index (χ2v) is 3.44. The topological polar surface area (TPSA) is 66.0 Å². The molecule has 0 fully saturated rings. The standard InChI is InChI=1S/C11H14N4O/c1-16-11-3-2-9(5-12)4-10(11)6-15-8-13-7-14-15/h2-4,7-8H,5-6,12H2,1H3. The van der Waals surface area contributed by atoms with E-state index in [1.54, 1.807) is 18.1 Å². The molecule has 0 radical (unpaired) electrons. The van der Waals surface area contributed by atoms with Crippen molar-refractivity contribution in [2.24, 2.45) is 5.73 Å². The van der Waals surface area contributed by atoms with Gasteiger partial charge in [-0.25, -0.2) is 9.67 Å². The largest absolute Gasteiger partial charge is 0.496 e. The first-order chi connectivity index (χ1) is 7.83. The van der Waals surface area contributed by atoms with Crippen molar-refractivity contribution in [3.8, 4) is 5.75 Å². The third-order valence-corrected chi connectivity index (χ3v) is 2.38. The molecule has 1 aromatic heterocycles. The van der Waals surface area contributed by atoms with Gasteiger partial charge in [0.2, 0.25) is 0 Å². The van der Waals surface area contributed by atoms with Gasteiger partial charge in [-0.2, -0.15) is 5.10 Å². The number of hydrogen-bond acceptors (Lipinski definition) is 4. The SMILES string of the molecule is COc1ccc(CN)cc1Cn1cncn1. The maximum Gasteiger partial charge on any atom is 0.137 e. The van der Waals surface area contributed by atoms with Crippen LogP contribution in [0.25, 0.3) is 0 Å². The van der Waals surface area contributed by atoms with E-state index in [2.05, 4.69) is 10.1 Å². The summed E-state index contributed by atoms with van der Waals surface area (Å²) in [6.07, 6.45) is 3.19. The molecule has 0 aliphatic heterocycles. The van der Waals surface area contributed by atoms with Crippen LogP contribution in [0.15, 0.2) is 30.9 Å². The van der Waals surface area contributed by atoms with E-state index in [9.17, 15) is 0 Å². The van der Waals surface area contributed by atoms with Crippen LogP contribution in [0, 0.1) is 0 Å².